The molecule has 1 saturated carbocycles. The number of carbonyl (C=O) groups excluding carboxylic acids is 1. The highest BCUT2D eigenvalue weighted by Crippen LogP contribution is 2.27. The molecule has 2 fully saturated rings. The molecular weight excluding hydrogens is 290 g/mol. The quantitative estimate of drug-likeness (QED) is 0.912. The van der Waals surface area contributed by atoms with Crippen LogP contribution >= 0.6 is 0 Å². The number of rotatable bonds is 2. The number of ether oxygens (including phenoxy) is 2. The summed E-state index contributed by atoms with van der Waals surface area (Å²) in [5.74, 6) is 0.0542. The monoisotopic (exact) mass is 315 g/mol. The van der Waals surface area contributed by atoms with Crippen LogP contribution < -0.4 is 5.32 Å². The molecule has 0 aromatic heterocycles. The number of amides is 1. The van der Waals surface area contributed by atoms with Gasteiger partial charge in [0.1, 0.15) is 0 Å². The van der Waals surface area contributed by atoms with Gasteiger partial charge in [-0.15, -0.1) is 0 Å². The van der Waals surface area contributed by atoms with E-state index in [4.69, 9.17) is 9.47 Å². The van der Waals surface area contributed by atoms with E-state index in [-0.39, 0.29) is 24.2 Å². The molecule has 3 atom stereocenters. The van der Waals surface area contributed by atoms with Crippen molar-refractivity contribution in [1.82, 2.24) is 5.32 Å². The maximum atomic E-state index is 12.6. The molecule has 0 bridgehead atoms. The summed E-state index contributed by atoms with van der Waals surface area (Å²) in [5.41, 5.74) is 3.58. The largest absolute Gasteiger partial charge is 0.373 e. The first-order chi connectivity index (χ1) is 11.3. The molecule has 1 aromatic carbocycles. The number of benzene rings is 1. The van der Waals surface area contributed by atoms with Crippen LogP contribution in [-0.4, -0.2) is 37.4 Å². The summed E-state index contributed by atoms with van der Waals surface area (Å²) in [7, 11) is 0. The van der Waals surface area contributed by atoms with Crippen LogP contribution in [0.4, 0.5) is 0 Å². The zero-order valence-electron chi connectivity index (χ0n) is 13.6. The molecule has 3 aliphatic rings. The minimum atomic E-state index is 0.0542. The fourth-order valence-corrected chi connectivity index (χ4v) is 4.14. The number of aryl methyl sites for hydroxylation is 2. The highest BCUT2D eigenvalue weighted by atomic mass is 16.6. The van der Waals surface area contributed by atoms with Gasteiger partial charge in [0.15, 0.2) is 0 Å². The van der Waals surface area contributed by atoms with Crippen LogP contribution in [0.3, 0.4) is 0 Å². The van der Waals surface area contributed by atoms with Crippen molar-refractivity contribution in [2.45, 2.75) is 63.2 Å². The minimum Gasteiger partial charge on any atom is -0.373 e. The van der Waals surface area contributed by atoms with Crippen molar-refractivity contribution in [2.75, 3.05) is 13.2 Å². The third-order valence-corrected chi connectivity index (χ3v) is 5.42. The average Bonchev–Trinajstić information content (AvgIpc) is 2.61. The Kier molecular flexibility index (Phi) is 4.36. The van der Waals surface area contributed by atoms with Crippen molar-refractivity contribution in [2.24, 2.45) is 0 Å². The van der Waals surface area contributed by atoms with E-state index < -0.39 is 0 Å². The lowest BCUT2D eigenvalue weighted by molar-refractivity contribution is -0.157. The van der Waals surface area contributed by atoms with Crippen molar-refractivity contribution < 1.29 is 14.3 Å². The van der Waals surface area contributed by atoms with Crippen molar-refractivity contribution in [3.63, 3.8) is 0 Å². The zero-order valence-corrected chi connectivity index (χ0v) is 13.6. The normalized spacial score (nSPS) is 30.2. The number of hydrogen-bond donors (Lipinski definition) is 1. The second-order valence-corrected chi connectivity index (χ2v) is 6.99. The van der Waals surface area contributed by atoms with Gasteiger partial charge in [-0.3, -0.25) is 4.79 Å². The highest BCUT2D eigenvalue weighted by molar-refractivity contribution is 5.94. The van der Waals surface area contributed by atoms with E-state index >= 15 is 0 Å². The third-order valence-electron chi connectivity index (χ3n) is 5.42. The lowest BCUT2D eigenvalue weighted by atomic mass is 9.88. The summed E-state index contributed by atoms with van der Waals surface area (Å²) in [4.78, 5) is 12.6. The molecule has 1 amide bonds. The maximum absolute atomic E-state index is 12.6. The van der Waals surface area contributed by atoms with Crippen LogP contribution in [0.1, 0.15) is 53.6 Å². The Morgan fingerprint density at radius 2 is 1.78 bits per heavy atom. The molecule has 23 heavy (non-hydrogen) atoms. The lowest BCUT2D eigenvalue weighted by Crippen LogP contribution is -2.49. The summed E-state index contributed by atoms with van der Waals surface area (Å²) >= 11 is 0. The molecule has 1 saturated heterocycles. The van der Waals surface area contributed by atoms with Crippen molar-refractivity contribution in [3.05, 3.63) is 34.9 Å². The minimum absolute atomic E-state index is 0.0542. The fourth-order valence-electron chi connectivity index (χ4n) is 4.14. The molecular formula is C19H25NO3. The Bertz CT molecular complexity index is 586. The van der Waals surface area contributed by atoms with E-state index in [0.29, 0.717) is 13.2 Å². The SMILES string of the molecule is O=C(NC1CCC2OCCOC2C1)c1ccc2c(c1)CCCC2. The van der Waals surface area contributed by atoms with Crippen LogP contribution in [0.2, 0.25) is 0 Å². The molecule has 1 aliphatic heterocycles. The smallest absolute Gasteiger partial charge is 0.251 e. The fraction of sp³-hybridized carbons (Fsp3) is 0.632. The van der Waals surface area contributed by atoms with Crippen LogP contribution in [0.5, 0.6) is 0 Å². The molecule has 1 N–H and O–H groups in total. The van der Waals surface area contributed by atoms with E-state index in [9.17, 15) is 4.79 Å². The van der Waals surface area contributed by atoms with E-state index in [1.54, 1.807) is 0 Å². The molecule has 1 heterocycles. The van der Waals surface area contributed by atoms with Gasteiger partial charge in [0.25, 0.3) is 5.91 Å². The first-order valence-electron chi connectivity index (χ1n) is 8.95. The Balaban J connectivity index is 1.40. The van der Waals surface area contributed by atoms with Crippen LogP contribution in [0.15, 0.2) is 18.2 Å². The topological polar surface area (TPSA) is 47.6 Å². The second kappa shape index (κ2) is 6.62. The molecule has 4 nitrogen and oxygen atoms in total. The number of fused-ring (bicyclic) bond motifs is 2. The van der Waals surface area contributed by atoms with Gasteiger partial charge in [-0.25, -0.2) is 0 Å². The summed E-state index contributed by atoms with van der Waals surface area (Å²) in [6, 6.07) is 6.40. The van der Waals surface area contributed by atoms with Gasteiger partial charge in [-0.2, -0.15) is 0 Å². The standard InChI is InChI=1S/C19H25NO3/c21-19(15-6-5-13-3-1-2-4-14(13)11-15)20-16-7-8-17-18(12-16)23-10-9-22-17/h5-6,11,16-18H,1-4,7-10,12H2,(H,20,21). The molecule has 124 valence electrons. The van der Waals surface area contributed by atoms with Crippen LogP contribution in [0, 0.1) is 0 Å². The number of carbonyl (C=O) groups is 1. The Hall–Kier alpha value is -1.39. The Labute approximate surface area is 137 Å². The van der Waals surface area contributed by atoms with Gasteiger partial charge in [-0.05, 0) is 68.2 Å². The molecule has 0 spiro atoms. The van der Waals surface area contributed by atoms with Crippen molar-refractivity contribution in [3.8, 4) is 0 Å². The highest BCUT2D eigenvalue weighted by Gasteiger charge is 2.34. The van der Waals surface area contributed by atoms with Gasteiger partial charge >= 0.3 is 0 Å². The number of hydrogen-bond acceptors (Lipinski definition) is 3. The summed E-state index contributed by atoms with van der Waals surface area (Å²) < 4.78 is 11.5. The summed E-state index contributed by atoms with van der Waals surface area (Å²) in [6.07, 6.45) is 7.94. The van der Waals surface area contributed by atoms with Crippen LogP contribution in [0.25, 0.3) is 0 Å². The summed E-state index contributed by atoms with van der Waals surface area (Å²) in [5, 5.41) is 3.20. The maximum Gasteiger partial charge on any atom is 0.251 e. The van der Waals surface area contributed by atoms with Gasteiger partial charge < -0.3 is 14.8 Å². The van der Waals surface area contributed by atoms with Crippen molar-refractivity contribution in [1.29, 1.82) is 0 Å². The average molecular weight is 315 g/mol. The van der Waals surface area contributed by atoms with Crippen LogP contribution in [-0.2, 0) is 22.3 Å². The predicted octanol–water partition coefficient (Wildman–Crippen LogP) is 2.63. The zero-order chi connectivity index (χ0) is 15.6. The lowest BCUT2D eigenvalue weighted by Gasteiger charge is -2.39. The van der Waals surface area contributed by atoms with E-state index in [2.05, 4.69) is 17.4 Å². The second-order valence-electron chi connectivity index (χ2n) is 6.99. The predicted molar refractivity (Wildman–Crippen MR) is 87.7 cm³/mol. The molecule has 0 radical (unpaired) electrons. The van der Waals surface area contributed by atoms with E-state index in [1.165, 1.54) is 24.0 Å². The van der Waals surface area contributed by atoms with Crippen molar-refractivity contribution >= 4 is 5.91 Å². The van der Waals surface area contributed by atoms with E-state index in [0.717, 1.165) is 37.7 Å². The molecule has 4 heteroatoms. The number of nitrogens with one attached hydrogen (secondary N) is 1. The molecule has 1 aromatic rings. The Morgan fingerprint density at radius 1 is 1.00 bits per heavy atom. The van der Waals surface area contributed by atoms with Gasteiger partial charge in [0.05, 0.1) is 25.4 Å². The first kappa shape index (κ1) is 15.2. The van der Waals surface area contributed by atoms with Gasteiger partial charge in [0.2, 0.25) is 0 Å². The molecule has 2 aliphatic carbocycles. The van der Waals surface area contributed by atoms with Gasteiger partial charge in [0, 0.05) is 11.6 Å². The van der Waals surface area contributed by atoms with E-state index in [1.807, 2.05) is 6.07 Å². The first-order valence-corrected chi connectivity index (χ1v) is 8.95. The summed E-state index contributed by atoms with van der Waals surface area (Å²) in [6.45, 7) is 1.37. The Morgan fingerprint density at radius 3 is 2.65 bits per heavy atom. The third kappa shape index (κ3) is 3.29. The van der Waals surface area contributed by atoms with Gasteiger partial charge in [-0.1, -0.05) is 6.07 Å². The molecule has 3 unspecified atom stereocenters. The molecule has 4 rings (SSSR count).